The first-order valence-electron chi connectivity index (χ1n) is 8.29. The molecule has 1 heterocycles. The van der Waals surface area contributed by atoms with E-state index in [2.05, 4.69) is 5.32 Å². The van der Waals surface area contributed by atoms with Crippen molar-refractivity contribution >= 4 is 5.91 Å². The molecule has 0 aliphatic carbocycles. The van der Waals surface area contributed by atoms with Gasteiger partial charge in [-0.25, -0.2) is 0 Å². The number of amides is 1. The highest BCUT2D eigenvalue weighted by molar-refractivity contribution is 5.76. The van der Waals surface area contributed by atoms with Crippen molar-refractivity contribution in [1.29, 1.82) is 0 Å². The minimum atomic E-state index is -0.0106. The number of nitrogens with one attached hydrogen (secondary N) is 1. The maximum absolute atomic E-state index is 12.1. The molecule has 0 atom stereocenters. The lowest BCUT2D eigenvalue weighted by atomic mass is 10.2. The van der Waals surface area contributed by atoms with Crippen LogP contribution in [0.1, 0.15) is 17.7 Å². The Balaban J connectivity index is 1.50. The molecule has 2 aromatic carbocycles. The van der Waals surface area contributed by atoms with E-state index in [1.54, 1.807) is 7.11 Å². The second-order valence-electron chi connectivity index (χ2n) is 5.72. The fourth-order valence-electron chi connectivity index (χ4n) is 2.64. The van der Waals surface area contributed by atoms with E-state index in [4.69, 9.17) is 9.15 Å². The summed E-state index contributed by atoms with van der Waals surface area (Å²) in [6.45, 7) is 0.455. The zero-order chi connectivity index (χ0) is 17.5. The lowest BCUT2D eigenvalue weighted by Crippen LogP contribution is -2.23. The maximum atomic E-state index is 12.1. The summed E-state index contributed by atoms with van der Waals surface area (Å²) in [7, 11) is 1.63. The molecule has 25 heavy (non-hydrogen) atoms. The van der Waals surface area contributed by atoms with Crippen molar-refractivity contribution < 1.29 is 13.9 Å². The van der Waals surface area contributed by atoms with Gasteiger partial charge in [-0.3, -0.25) is 4.79 Å². The molecule has 0 aliphatic heterocycles. The third kappa shape index (κ3) is 4.51. The highest BCUT2D eigenvalue weighted by Crippen LogP contribution is 2.22. The third-order valence-electron chi connectivity index (χ3n) is 3.99. The van der Waals surface area contributed by atoms with E-state index in [1.807, 2.05) is 66.7 Å². The van der Waals surface area contributed by atoms with E-state index in [1.165, 1.54) is 0 Å². The Labute approximate surface area is 147 Å². The van der Waals surface area contributed by atoms with Crippen molar-refractivity contribution in [3.05, 3.63) is 78.1 Å². The molecule has 1 N–H and O–H groups in total. The van der Waals surface area contributed by atoms with Gasteiger partial charge in [0, 0.05) is 30.5 Å². The summed E-state index contributed by atoms with van der Waals surface area (Å²) in [6, 6.07) is 21.5. The largest absolute Gasteiger partial charge is 0.496 e. The number of ether oxygens (including phenoxy) is 1. The minimum absolute atomic E-state index is 0.0106. The van der Waals surface area contributed by atoms with Crippen LogP contribution in [0.25, 0.3) is 11.3 Å². The number of furan rings is 1. The molecule has 0 radical (unpaired) electrons. The number of para-hydroxylation sites is 1. The molecule has 4 heteroatoms. The third-order valence-corrected chi connectivity index (χ3v) is 3.99. The second-order valence-corrected chi connectivity index (χ2v) is 5.72. The van der Waals surface area contributed by atoms with Crippen LogP contribution < -0.4 is 10.1 Å². The normalized spacial score (nSPS) is 10.4. The molecule has 3 aromatic rings. The van der Waals surface area contributed by atoms with Crippen LogP contribution >= 0.6 is 0 Å². The van der Waals surface area contributed by atoms with E-state index in [0.717, 1.165) is 28.4 Å². The van der Waals surface area contributed by atoms with Crippen molar-refractivity contribution in [2.24, 2.45) is 0 Å². The number of benzene rings is 2. The van der Waals surface area contributed by atoms with Crippen molar-refractivity contribution in [3.63, 3.8) is 0 Å². The lowest BCUT2D eigenvalue weighted by Gasteiger charge is -2.09. The van der Waals surface area contributed by atoms with Gasteiger partial charge in [-0.2, -0.15) is 0 Å². The average Bonchev–Trinajstić information content (AvgIpc) is 3.14. The number of carbonyl (C=O) groups excluding carboxylic acids is 1. The summed E-state index contributed by atoms with van der Waals surface area (Å²) in [5.41, 5.74) is 2.00. The summed E-state index contributed by atoms with van der Waals surface area (Å²) in [6.07, 6.45) is 0.960. The molecular weight excluding hydrogens is 314 g/mol. The van der Waals surface area contributed by atoms with Crippen LogP contribution in [0, 0.1) is 0 Å². The summed E-state index contributed by atoms with van der Waals surface area (Å²) in [5, 5.41) is 2.92. The number of hydrogen-bond acceptors (Lipinski definition) is 3. The van der Waals surface area contributed by atoms with E-state index < -0.39 is 0 Å². The number of methoxy groups -OCH3 is 1. The summed E-state index contributed by atoms with van der Waals surface area (Å²) in [5.74, 6) is 2.40. The van der Waals surface area contributed by atoms with Crippen LogP contribution in [0.4, 0.5) is 0 Å². The Morgan fingerprint density at radius 3 is 2.56 bits per heavy atom. The second kappa shape index (κ2) is 8.20. The van der Waals surface area contributed by atoms with Gasteiger partial charge in [0.05, 0.1) is 7.11 Å². The minimum Gasteiger partial charge on any atom is -0.496 e. The molecule has 4 nitrogen and oxygen atoms in total. The fourth-order valence-corrected chi connectivity index (χ4v) is 2.64. The first-order valence-corrected chi connectivity index (χ1v) is 8.29. The van der Waals surface area contributed by atoms with Crippen LogP contribution in [0.3, 0.4) is 0 Å². The van der Waals surface area contributed by atoms with Crippen LogP contribution in [0.15, 0.2) is 71.1 Å². The Morgan fingerprint density at radius 1 is 1.00 bits per heavy atom. The SMILES string of the molecule is COc1ccccc1CNC(=O)CCc1ccc(-c2ccccc2)o1. The average molecular weight is 335 g/mol. The molecular formula is C21H21NO3. The molecule has 0 saturated carbocycles. The number of aryl methyl sites for hydroxylation is 1. The highest BCUT2D eigenvalue weighted by Gasteiger charge is 2.08. The van der Waals surface area contributed by atoms with Gasteiger partial charge in [0.15, 0.2) is 0 Å². The van der Waals surface area contributed by atoms with E-state index >= 15 is 0 Å². The Bertz CT molecular complexity index is 824. The zero-order valence-corrected chi connectivity index (χ0v) is 14.2. The van der Waals surface area contributed by atoms with E-state index in [-0.39, 0.29) is 5.91 Å². The molecule has 1 aromatic heterocycles. The summed E-state index contributed by atoms with van der Waals surface area (Å²) < 4.78 is 11.1. The van der Waals surface area contributed by atoms with Crippen molar-refractivity contribution in [3.8, 4) is 17.1 Å². The molecule has 128 valence electrons. The van der Waals surface area contributed by atoms with Crippen molar-refractivity contribution in [1.82, 2.24) is 5.32 Å². The lowest BCUT2D eigenvalue weighted by molar-refractivity contribution is -0.121. The van der Waals surface area contributed by atoms with Crippen LogP contribution in [0.5, 0.6) is 5.75 Å². The predicted octanol–water partition coefficient (Wildman–Crippen LogP) is 4.20. The van der Waals surface area contributed by atoms with E-state index in [9.17, 15) is 4.79 Å². The molecule has 0 bridgehead atoms. The molecule has 1 amide bonds. The Morgan fingerprint density at radius 2 is 1.76 bits per heavy atom. The maximum Gasteiger partial charge on any atom is 0.220 e. The van der Waals surface area contributed by atoms with Gasteiger partial charge in [0.25, 0.3) is 0 Å². The Hall–Kier alpha value is -3.01. The first-order chi connectivity index (χ1) is 12.3. The summed E-state index contributed by atoms with van der Waals surface area (Å²) >= 11 is 0. The van der Waals surface area contributed by atoms with Gasteiger partial charge < -0.3 is 14.5 Å². The first kappa shape index (κ1) is 16.8. The van der Waals surface area contributed by atoms with Crippen LogP contribution in [0.2, 0.25) is 0 Å². The predicted molar refractivity (Wildman–Crippen MR) is 97.3 cm³/mol. The van der Waals surface area contributed by atoms with Gasteiger partial charge in [-0.15, -0.1) is 0 Å². The van der Waals surface area contributed by atoms with Crippen molar-refractivity contribution in [2.75, 3.05) is 7.11 Å². The monoisotopic (exact) mass is 335 g/mol. The van der Waals surface area contributed by atoms with Gasteiger partial charge in [0.1, 0.15) is 17.3 Å². The summed E-state index contributed by atoms with van der Waals surface area (Å²) in [4.78, 5) is 12.1. The highest BCUT2D eigenvalue weighted by atomic mass is 16.5. The standard InChI is InChI=1S/C21H21NO3/c1-24-19-10-6-5-9-17(19)15-22-21(23)14-12-18-11-13-20(25-18)16-7-3-2-4-8-16/h2-11,13H,12,14-15H2,1H3,(H,22,23). The molecule has 0 aliphatic rings. The van der Waals surface area contributed by atoms with Crippen LogP contribution in [-0.4, -0.2) is 13.0 Å². The topological polar surface area (TPSA) is 51.5 Å². The van der Waals surface area contributed by atoms with Gasteiger partial charge >= 0.3 is 0 Å². The quantitative estimate of drug-likeness (QED) is 0.704. The zero-order valence-electron chi connectivity index (χ0n) is 14.2. The van der Waals surface area contributed by atoms with Crippen LogP contribution in [-0.2, 0) is 17.8 Å². The molecule has 0 spiro atoms. The van der Waals surface area contributed by atoms with E-state index in [0.29, 0.717) is 19.4 Å². The number of rotatable bonds is 7. The van der Waals surface area contributed by atoms with Gasteiger partial charge in [-0.05, 0) is 18.2 Å². The fraction of sp³-hybridized carbons (Fsp3) is 0.190. The van der Waals surface area contributed by atoms with Gasteiger partial charge in [0.2, 0.25) is 5.91 Å². The molecule has 0 unspecified atom stereocenters. The molecule has 0 saturated heterocycles. The smallest absolute Gasteiger partial charge is 0.220 e. The molecule has 3 rings (SSSR count). The number of carbonyl (C=O) groups is 1. The van der Waals surface area contributed by atoms with Gasteiger partial charge in [-0.1, -0.05) is 48.5 Å². The molecule has 0 fully saturated rings. The Kier molecular flexibility index (Phi) is 5.52. The number of hydrogen-bond donors (Lipinski definition) is 1. The van der Waals surface area contributed by atoms with Crippen molar-refractivity contribution in [2.45, 2.75) is 19.4 Å².